The maximum atomic E-state index is 3.88. The summed E-state index contributed by atoms with van der Waals surface area (Å²) >= 11 is 0. The molecule has 100 valence electrons. The maximum absolute atomic E-state index is 3.88. The molecule has 0 saturated carbocycles. The van der Waals surface area contributed by atoms with Crippen molar-refractivity contribution in [3.63, 3.8) is 0 Å². The zero-order valence-corrected chi connectivity index (χ0v) is 11.8. The molecule has 0 aromatic rings. The van der Waals surface area contributed by atoms with Gasteiger partial charge in [0, 0.05) is 24.7 Å². The van der Waals surface area contributed by atoms with E-state index >= 15 is 0 Å². The molecule has 0 aromatic heterocycles. The van der Waals surface area contributed by atoms with E-state index in [0.29, 0.717) is 6.04 Å². The van der Waals surface area contributed by atoms with Gasteiger partial charge in [0.1, 0.15) is 0 Å². The molecule has 0 amide bonds. The van der Waals surface area contributed by atoms with E-state index in [2.05, 4.69) is 35.9 Å². The molecular formula is C14H29N3. The zero-order chi connectivity index (χ0) is 12.3. The van der Waals surface area contributed by atoms with Gasteiger partial charge < -0.3 is 10.2 Å². The topological polar surface area (TPSA) is 18.5 Å². The lowest BCUT2D eigenvalue weighted by atomic mass is 10.0. The van der Waals surface area contributed by atoms with Crippen LogP contribution in [0.5, 0.6) is 0 Å². The van der Waals surface area contributed by atoms with Gasteiger partial charge in [-0.3, -0.25) is 4.90 Å². The smallest absolute Gasteiger partial charge is 0.0209 e. The van der Waals surface area contributed by atoms with E-state index in [1.165, 1.54) is 52.0 Å². The summed E-state index contributed by atoms with van der Waals surface area (Å²) in [6.45, 7) is 13.2. The fourth-order valence-electron chi connectivity index (χ4n) is 3.14. The van der Waals surface area contributed by atoms with Gasteiger partial charge in [-0.15, -0.1) is 0 Å². The van der Waals surface area contributed by atoms with Gasteiger partial charge in [0.25, 0.3) is 0 Å². The Balaban J connectivity index is 1.69. The first-order chi connectivity index (χ1) is 8.19. The summed E-state index contributed by atoms with van der Waals surface area (Å²) in [6, 6.07) is 2.23. The Kier molecular flexibility index (Phi) is 4.83. The van der Waals surface area contributed by atoms with Crippen LogP contribution in [-0.4, -0.2) is 60.6 Å². The lowest BCUT2D eigenvalue weighted by Crippen LogP contribution is -2.47. The van der Waals surface area contributed by atoms with Crippen molar-refractivity contribution in [2.45, 2.75) is 58.2 Å². The van der Waals surface area contributed by atoms with Crippen molar-refractivity contribution in [3.8, 4) is 0 Å². The minimum absolute atomic E-state index is 0.712. The summed E-state index contributed by atoms with van der Waals surface area (Å²) in [5.74, 6) is 0. The Hall–Kier alpha value is -0.120. The molecule has 0 aromatic carbocycles. The van der Waals surface area contributed by atoms with Crippen LogP contribution < -0.4 is 5.32 Å². The molecule has 2 aliphatic rings. The SMILES string of the molecule is CCN1CCC(NC2CCN(C(C)C)C2)CC1. The molecule has 2 heterocycles. The highest BCUT2D eigenvalue weighted by Gasteiger charge is 2.27. The van der Waals surface area contributed by atoms with Crippen LogP contribution in [0.3, 0.4) is 0 Å². The van der Waals surface area contributed by atoms with Gasteiger partial charge in [-0.25, -0.2) is 0 Å². The standard InChI is InChI=1S/C14H29N3/c1-4-16-8-5-13(6-9-16)15-14-7-10-17(11-14)12(2)3/h12-15H,4-11H2,1-3H3. The van der Waals surface area contributed by atoms with E-state index in [9.17, 15) is 0 Å². The molecule has 2 saturated heterocycles. The quantitative estimate of drug-likeness (QED) is 0.803. The fraction of sp³-hybridized carbons (Fsp3) is 1.00. The molecule has 17 heavy (non-hydrogen) atoms. The van der Waals surface area contributed by atoms with Crippen molar-refractivity contribution >= 4 is 0 Å². The van der Waals surface area contributed by atoms with Gasteiger partial charge in [0.05, 0.1) is 0 Å². The van der Waals surface area contributed by atoms with E-state index < -0.39 is 0 Å². The van der Waals surface area contributed by atoms with E-state index in [-0.39, 0.29) is 0 Å². The molecule has 2 rings (SSSR count). The molecule has 3 heteroatoms. The van der Waals surface area contributed by atoms with Crippen LogP contribution in [0, 0.1) is 0 Å². The van der Waals surface area contributed by atoms with E-state index in [1.54, 1.807) is 0 Å². The van der Waals surface area contributed by atoms with Crippen molar-refractivity contribution in [2.75, 3.05) is 32.7 Å². The third kappa shape index (κ3) is 3.67. The van der Waals surface area contributed by atoms with Crippen molar-refractivity contribution in [1.29, 1.82) is 0 Å². The first-order valence-electron chi connectivity index (χ1n) is 7.41. The first kappa shape index (κ1) is 13.3. The first-order valence-corrected chi connectivity index (χ1v) is 7.41. The second-order valence-electron chi connectivity index (χ2n) is 5.95. The molecular weight excluding hydrogens is 210 g/mol. The number of hydrogen-bond acceptors (Lipinski definition) is 3. The van der Waals surface area contributed by atoms with Gasteiger partial charge in [0.15, 0.2) is 0 Å². The highest BCUT2D eigenvalue weighted by molar-refractivity contribution is 4.87. The maximum Gasteiger partial charge on any atom is 0.0209 e. The molecule has 1 atom stereocenters. The summed E-state index contributed by atoms with van der Waals surface area (Å²) in [6.07, 6.45) is 4.02. The average Bonchev–Trinajstić information content (AvgIpc) is 2.79. The van der Waals surface area contributed by atoms with Crippen LogP contribution in [0.15, 0.2) is 0 Å². The zero-order valence-electron chi connectivity index (χ0n) is 11.8. The molecule has 1 unspecified atom stereocenters. The largest absolute Gasteiger partial charge is 0.310 e. The van der Waals surface area contributed by atoms with E-state index in [0.717, 1.165) is 12.1 Å². The monoisotopic (exact) mass is 239 g/mol. The van der Waals surface area contributed by atoms with Gasteiger partial charge in [-0.2, -0.15) is 0 Å². The lowest BCUT2D eigenvalue weighted by Gasteiger charge is -2.33. The van der Waals surface area contributed by atoms with E-state index in [4.69, 9.17) is 0 Å². The third-order valence-corrected chi connectivity index (χ3v) is 4.46. The second kappa shape index (κ2) is 6.17. The molecule has 2 fully saturated rings. The number of nitrogens with zero attached hydrogens (tertiary/aromatic N) is 2. The summed E-state index contributed by atoms with van der Waals surface area (Å²) in [7, 11) is 0. The van der Waals surface area contributed by atoms with Crippen LogP contribution in [0.25, 0.3) is 0 Å². The van der Waals surface area contributed by atoms with Gasteiger partial charge in [0.2, 0.25) is 0 Å². The van der Waals surface area contributed by atoms with Crippen LogP contribution in [0.1, 0.15) is 40.0 Å². The Labute approximate surface area is 107 Å². The van der Waals surface area contributed by atoms with Crippen LogP contribution >= 0.6 is 0 Å². The Morgan fingerprint density at radius 2 is 1.71 bits per heavy atom. The predicted molar refractivity (Wildman–Crippen MR) is 73.4 cm³/mol. The van der Waals surface area contributed by atoms with Crippen molar-refractivity contribution in [2.24, 2.45) is 0 Å². The molecule has 0 radical (unpaired) electrons. The second-order valence-corrected chi connectivity index (χ2v) is 5.95. The van der Waals surface area contributed by atoms with Crippen LogP contribution in [-0.2, 0) is 0 Å². The van der Waals surface area contributed by atoms with Gasteiger partial charge in [-0.05, 0) is 59.3 Å². The van der Waals surface area contributed by atoms with Gasteiger partial charge in [-0.1, -0.05) is 6.92 Å². The lowest BCUT2D eigenvalue weighted by molar-refractivity contribution is 0.196. The van der Waals surface area contributed by atoms with Gasteiger partial charge >= 0.3 is 0 Å². The minimum Gasteiger partial charge on any atom is -0.310 e. The number of rotatable bonds is 4. The van der Waals surface area contributed by atoms with Crippen LogP contribution in [0.4, 0.5) is 0 Å². The van der Waals surface area contributed by atoms with Crippen molar-refractivity contribution < 1.29 is 0 Å². The van der Waals surface area contributed by atoms with Crippen LogP contribution in [0.2, 0.25) is 0 Å². The molecule has 2 aliphatic heterocycles. The van der Waals surface area contributed by atoms with Crippen molar-refractivity contribution in [1.82, 2.24) is 15.1 Å². The summed E-state index contributed by atoms with van der Waals surface area (Å²) < 4.78 is 0. The normalized spacial score (nSPS) is 29.3. The van der Waals surface area contributed by atoms with E-state index in [1.807, 2.05) is 0 Å². The Morgan fingerprint density at radius 1 is 1.06 bits per heavy atom. The molecule has 0 spiro atoms. The third-order valence-electron chi connectivity index (χ3n) is 4.46. The number of hydrogen-bond donors (Lipinski definition) is 1. The Morgan fingerprint density at radius 3 is 2.24 bits per heavy atom. The average molecular weight is 239 g/mol. The fourth-order valence-corrected chi connectivity index (χ4v) is 3.14. The number of likely N-dealkylation sites (tertiary alicyclic amines) is 2. The highest BCUT2D eigenvalue weighted by atomic mass is 15.2. The molecule has 1 N–H and O–H groups in total. The summed E-state index contributed by atoms with van der Waals surface area (Å²) in [5, 5.41) is 3.88. The summed E-state index contributed by atoms with van der Waals surface area (Å²) in [4.78, 5) is 5.16. The summed E-state index contributed by atoms with van der Waals surface area (Å²) in [5.41, 5.74) is 0. The molecule has 3 nitrogen and oxygen atoms in total. The predicted octanol–water partition coefficient (Wildman–Crippen LogP) is 1.54. The number of piperidine rings is 1. The molecule has 0 aliphatic carbocycles. The Bertz CT molecular complexity index is 222. The van der Waals surface area contributed by atoms with Crippen molar-refractivity contribution in [3.05, 3.63) is 0 Å². The highest BCUT2D eigenvalue weighted by Crippen LogP contribution is 2.16. The molecule has 0 bridgehead atoms. The minimum atomic E-state index is 0.712. The number of nitrogens with one attached hydrogen (secondary N) is 1.